The van der Waals surface area contributed by atoms with Gasteiger partial charge in [-0.25, -0.2) is 4.79 Å². The Balaban J connectivity index is 1.92. The lowest BCUT2D eigenvalue weighted by Gasteiger charge is -2.40. The summed E-state index contributed by atoms with van der Waals surface area (Å²) in [4.78, 5) is 26.7. The second kappa shape index (κ2) is 6.41. The number of carbonyl (C=O) groups is 2. The topological polar surface area (TPSA) is 79.3 Å². The van der Waals surface area contributed by atoms with Crippen LogP contribution in [-0.2, 0) is 14.3 Å². The molecule has 3 atom stereocenters. The highest BCUT2D eigenvalue weighted by molar-refractivity contribution is 5.75. The number of carboxylic acids is 1. The smallest absolute Gasteiger partial charge is 0.320 e. The minimum atomic E-state index is -0.905. The molecular weight excluding hydrogens is 264 g/mol. The maximum Gasteiger partial charge on any atom is 0.320 e. The number of hydrogen-bond acceptors (Lipinski definition) is 4. The maximum absolute atomic E-state index is 12.5. The first-order chi connectivity index (χ1) is 9.45. The van der Waals surface area contributed by atoms with E-state index in [4.69, 9.17) is 14.6 Å². The summed E-state index contributed by atoms with van der Waals surface area (Å²) in [5, 5.41) is 8.80. The van der Waals surface area contributed by atoms with Gasteiger partial charge in [-0.2, -0.15) is 0 Å². The fourth-order valence-corrected chi connectivity index (χ4v) is 2.75. The summed E-state index contributed by atoms with van der Waals surface area (Å²) >= 11 is 0. The zero-order chi connectivity index (χ0) is 14.7. The fraction of sp³-hybridized carbons (Fsp3) is 0.846. The first-order valence-corrected chi connectivity index (χ1v) is 6.98. The van der Waals surface area contributed by atoms with Crippen molar-refractivity contribution in [1.82, 2.24) is 9.80 Å². The molecule has 0 aromatic rings. The van der Waals surface area contributed by atoms with E-state index in [-0.39, 0.29) is 24.7 Å². The number of nitrogens with zero attached hydrogens (tertiary/aromatic N) is 2. The van der Waals surface area contributed by atoms with Crippen molar-refractivity contribution in [2.75, 3.05) is 32.8 Å². The molecule has 2 heterocycles. The molecule has 2 rings (SSSR count). The Hall–Kier alpha value is -1.34. The predicted octanol–water partition coefficient (Wildman–Crippen LogP) is 0.391. The molecule has 2 saturated heterocycles. The van der Waals surface area contributed by atoms with Crippen molar-refractivity contribution >= 4 is 12.0 Å². The Kier molecular flexibility index (Phi) is 4.82. The molecule has 2 fully saturated rings. The van der Waals surface area contributed by atoms with Crippen LogP contribution in [0.25, 0.3) is 0 Å². The SMILES string of the molecule is C[C@@H]1CN(C(=O)N2CCOC(CC(=O)O)C2)C[C@H](C)O1. The summed E-state index contributed by atoms with van der Waals surface area (Å²) in [5.41, 5.74) is 0. The summed E-state index contributed by atoms with van der Waals surface area (Å²) in [5.74, 6) is -0.905. The van der Waals surface area contributed by atoms with E-state index in [0.29, 0.717) is 32.8 Å². The van der Waals surface area contributed by atoms with E-state index in [1.54, 1.807) is 9.80 Å². The van der Waals surface area contributed by atoms with Gasteiger partial charge in [0, 0.05) is 26.2 Å². The lowest BCUT2D eigenvalue weighted by Crippen LogP contribution is -2.56. The van der Waals surface area contributed by atoms with E-state index in [9.17, 15) is 9.59 Å². The molecule has 2 aliphatic heterocycles. The van der Waals surface area contributed by atoms with E-state index in [0.717, 1.165) is 0 Å². The van der Waals surface area contributed by atoms with Gasteiger partial charge >= 0.3 is 12.0 Å². The van der Waals surface area contributed by atoms with Crippen LogP contribution in [0.15, 0.2) is 0 Å². The molecule has 114 valence electrons. The summed E-state index contributed by atoms with van der Waals surface area (Å²) in [6, 6.07) is -0.0503. The van der Waals surface area contributed by atoms with E-state index < -0.39 is 12.1 Å². The van der Waals surface area contributed by atoms with Crippen molar-refractivity contribution in [3.63, 3.8) is 0 Å². The average Bonchev–Trinajstić information content (AvgIpc) is 2.36. The van der Waals surface area contributed by atoms with Crippen LogP contribution in [0.2, 0.25) is 0 Å². The number of amides is 2. The molecule has 0 spiro atoms. The Morgan fingerprint density at radius 3 is 2.40 bits per heavy atom. The fourth-order valence-electron chi connectivity index (χ4n) is 2.75. The van der Waals surface area contributed by atoms with Gasteiger partial charge in [0.15, 0.2) is 0 Å². The average molecular weight is 286 g/mol. The monoisotopic (exact) mass is 286 g/mol. The van der Waals surface area contributed by atoms with Crippen LogP contribution in [0, 0.1) is 0 Å². The zero-order valence-corrected chi connectivity index (χ0v) is 11.9. The van der Waals surface area contributed by atoms with Gasteiger partial charge in [-0.3, -0.25) is 4.79 Å². The molecule has 0 bridgehead atoms. The Labute approximate surface area is 118 Å². The van der Waals surface area contributed by atoms with Crippen molar-refractivity contribution in [2.24, 2.45) is 0 Å². The summed E-state index contributed by atoms with van der Waals surface area (Å²) < 4.78 is 11.0. The first-order valence-electron chi connectivity index (χ1n) is 6.98. The molecule has 1 N–H and O–H groups in total. The van der Waals surface area contributed by atoms with Crippen molar-refractivity contribution in [3.8, 4) is 0 Å². The lowest BCUT2D eigenvalue weighted by molar-refractivity contribution is -0.141. The van der Waals surface area contributed by atoms with Crippen molar-refractivity contribution in [3.05, 3.63) is 0 Å². The third-order valence-corrected chi connectivity index (χ3v) is 3.50. The molecule has 0 radical (unpaired) electrons. The molecule has 0 saturated carbocycles. The summed E-state index contributed by atoms with van der Waals surface area (Å²) in [7, 11) is 0. The minimum Gasteiger partial charge on any atom is -0.481 e. The predicted molar refractivity (Wildman–Crippen MR) is 70.5 cm³/mol. The molecule has 0 aromatic carbocycles. The molecule has 20 heavy (non-hydrogen) atoms. The molecule has 1 unspecified atom stereocenters. The van der Waals surface area contributed by atoms with Gasteiger partial charge in [0.2, 0.25) is 0 Å². The van der Waals surface area contributed by atoms with Crippen LogP contribution in [0.4, 0.5) is 4.79 Å². The molecule has 0 aliphatic carbocycles. The van der Waals surface area contributed by atoms with E-state index in [2.05, 4.69) is 0 Å². The normalized spacial score (nSPS) is 31.2. The van der Waals surface area contributed by atoms with E-state index >= 15 is 0 Å². The number of ether oxygens (including phenoxy) is 2. The van der Waals surface area contributed by atoms with Gasteiger partial charge in [0.25, 0.3) is 0 Å². The number of urea groups is 1. The van der Waals surface area contributed by atoms with Crippen LogP contribution >= 0.6 is 0 Å². The Morgan fingerprint density at radius 1 is 1.15 bits per heavy atom. The third kappa shape index (κ3) is 3.83. The Bertz CT molecular complexity index is 366. The van der Waals surface area contributed by atoms with Crippen LogP contribution in [0.3, 0.4) is 0 Å². The van der Waals surface area contributed by atoms with E-state index in [1.165, 1.54) is 0 Å². The molecule has 2 aliphatic rings. The van der Waals surface area contributed by atoms with E-state index in [1.807, 2.05) is 13.8 Å². The molecule has 0 aromatic heterocycles. The zero-order valence-electron chi connectivity index (χ0n) is 11.9. The van der Waals surface area contributed by atoms with Gasteiger partial charge in [0.05, 0.1) is 31.3 Å². The largest absolute Gasteiger partial charge is 0.481 e. The second-order valence-corrected chi connectivity index (χ2v) is 5.48. The Morgan fingerprint density at radius 2 is 1.80 bits per heavy atom. The van der Waals surface area contributed by atoms with Gasteiger partial charge in [-0.05, 0) is 13.8 Å². The van der Waals surface area contributed by atoms with Crippen LogP contribution in [0.1, 0.15) is 20.3 Å². The first kappa shape index (κ1) is 15.1. The molecule has 7 heteroatoms. The number of aliphatic carboxylic acids is 1. The molecule has 2 amide bonds. The summed E-state index contributed by atoms with van der Waals surface area (Å²) in [6.45, 7) is 6.28. The lowest BCUT2D eigenvalue weighted by atomic mass is 10.2. The van der Waals surface area contributed by atoms with Crippen LogP contribution < -0.4 is 0 Å². The van der Waals surface area contributed by atoms with Crippen molar-refractivity contribution in [1.29, 1.82) is 0 Å². The highest BCUT2D eigenvalue weighted by Gasteiger charge is 2.32. The maximum atomic E-state index is 12.5. The third-order valence-electron chi connectivity index (χ3n) is 3.50. The molecular formula is C13H22N2O5. The van der Waals surface area contributed by atoms with Gasteiger partial charge < -0.3 is 24.4 Å². The number of carbonyl (C=O) groups excluding carboxylic acids is 1. The highest BCUT2D eigenvalue weighted by atomic mass is 16.5. The van der Waals surface area contributed by atoms with Crippen molar-refractivity contribution < 1.29 is 24.2 Å². The number of hydrogen-bond donors (Lipinski definition) is 1. The second-order valence-electron chi connectivity index (χ2n) is 5.48. The number of rotatable bonds is 2. The number of carboxylic acid groups (broad SMARTS) is 1. The number of morpholine rings is 2. The van der Waals surface area contributed by atoms with Crippen LogP contribution in [0.5, 0.6) is 0 Å². The summed E-state index contributed by atoms with van der Waals surface area (Å²) in [6.07, 6.45) is -0.433. The minimum absolute atomic E-state index is 0.0264. The van der Waals surface area contributed by atoms with Crippen LogP contribution in [-0.4, -0.2) is 78.0 Å². The van der Waals surface area contributed by atoms with Crippen molar-refractivity contribution in [2.45, 2.75) is 38.6 Å². The quantitative estimate of drug-likeness (QED) is 0.794. The van der Waals surface area contributed by atoms with Gasteiger partial charge in [-0.1, -0.05) is 0 Å². The standard InChI is InChI=1S/C13H22N2O5/c1-9-6-15(7-10(2)20-9)13(18)14-3-4-19-11(8-14)5-12(16)17/h9-11H,3-8H2,1-2H3,(H,16,17)/t9-,10+,11?. The molecule has 7 nitrogen and oxygen atoms in total. The van der Waals surface area contributed by atoms with Gasteiger partial charge in [-0.15, -0.1) is 0 Å². The van der Waals surface area contributed by atoms with Gasteiger partial charge in [0.1, 0.15) is 0 Å². The highest BCUT2D eigenvalue weighted by Crippen LogP contribution is 2.16.